The summed E-state index contributed by atoms with van der Waals surface area (Å²) in [5, 5.41) is 5.58. The molecule has 3 amide bonds. The summed E-state index contributed by atoms with van der Waals surface area (Å²) in [6.07, 6.45) is 0. The van der Waals surface area contributed by atoms with E-state index in [2.05, 4.69) is 10.6 Å². The summed E-state index contributed by atoms with van der Waals surface area (Å²) in [4.78, 5) is 37.0. The first-order chi connectivity index (χ1) is 11.7. The first-order valence-corrected chi connectivity index (χ1v) is 9.32. The van der Waals surface area contributed by atoms with Gasteiger partial charge in [-0.15, -0.1) is 11.8 Å². The fourth-order valence-electron chi connectivity index (χ4n) is 2.15. The summed E-state index contributed by atoms with van der Waals surface area (Å²) in [5.41, 5.74) is 2.93. The lowest BCUT2D eigenvalue weighted by Gasteiger charge is -2.17. The van der Waals surface area contributed by atoms with Crippen molar-refractivity contribution in [2.75, 3.05) is 30.4 Å². The molecular formula is C18H27N3O3S. The molecule has 0 radical (unpaired) electrons. The normalized spacial score (nSPS) is 10.5. The third-order valence-corrected chi connectivity index (χ3v) is 4.29. The van der Waals surface area contributed by atoms with Crippen molar-refractivity contribution in [1.29, 1.82) is 0 Å². The smallest absolute Gasteiger partial charge is 0.239 e. The maximum absolute atomic E-state index is 12.0. The molecule has 138 valence electrons. The van der Waals surface area contributed by atoms with Crippen molar-refractivity contribution in [2.45, 2.75) is 33.7 Å². The molecule has 0 fully saturated rings. The molecule has 0 spiro atoms. The van der Waals surface area contributed by atoms with Gasteiger partial charge in [-0.2, -0.15) is 0 Å². The van der Waals surface area contributed by atoms with Gasteiger partial charge in [0.25, 0.3) is 0 Å². The molecule has 0 aliphatic rings. The molecule has 25 heavy (non-hydrogen) atoms. The Morgan fingerprint density at radius 3 is 2.40 bits per heavy atom. The molecule has 0 saturated carbocycles. The van der Waals surface area contributed by atoms with Gasteiger partial charge in [-0.3, -0.25) is 14.4 Å². The van der Waals surface area contributed by atoms with E-state index in [9.17, 15) is 14.4 Å². The van der Waals surface area contributed by atoms with E-state index in [1.54, 1.807) is 7.05 Å². The Hall–Kier alpha value is -2.02. The summed E-state index contributed by atoms with van der Waals surface area (Å²) >= 11 is 1.23. The van der Waals surface area contributed by atoms with E-state index in [1.165, 1.54) is 16.7 Å². The molecule has 0 atom stereocenters. The van der Waals surface area contributed by atoms with Crippen LogP contribution in [-0.2, 0) is 14.4 Å². The molecule has 7 heteroatoms. The molecule has 6 nitrogen and oxygen atoms in total. The van der Waals surface area contributed by atoms with Crippen molar-refractivity contribution in [1.82, 2.24) is 10.2 Å². The summed E-state index contributed by atoms with van der Waals surface area (Å²) < 4.78 is 0. The van der Waals surface area contributed by atoms with Crippen LogP contribution in [0.25, 0.3) is 0 Å². The van der Waals surface area contributed by atoms with Gasteiger partial charge in [0.15, 0.2) is 0 Å². The van der Waals surface area contributed by atoms with Crippen molar-refractivity contribution >= 4 is 35.2 Å². The standard InChI is InChI=1S/C18H27N3O3S/c1-12(2)19-16(22)9-21(5)18(24)11-25-10-17(23)20-15-7-6-13(3)8-14(15)4/h6-8,12H,9-11H2,1-5H3,(H,19,22)(H,20,23). The van der Waals surface area contributed by atoms with E-state index in [-0.39, 0.29) is 41.8 Å². The van der Waals surface area contributed by atoms with Crippen molar-refractivity contribution in [3.8, 4) is 0 Å². The molecule has 1 rings (SSSR count). The molecule has 0 bridgehead atoms. The number of likely N-dealkylation sites (N-methyl/N-ethyl adjacent to an activating group) is 1. The van der Waals surface area contributed by atoms with E-state index in [0.717, 1.165) is 16.8 Å². The maximum atomic E-state index is 12.0. The van der Waals surface area contributed by atoms with Gasteiger partial charge in [-0.05, 0) is 39.3 Å². The average molecular weight is 365 g/mol. The van der Waals surface area contributed by atoms with Gasteiger partial charge in [0.05, 0.1) is 18.1 Å². The number of thioether (sulfide) groups is 1. The van der Waals surface area contributed by atoms with Crippen LogP contribution in [0.5, 0.6) is 0 Å². The second kappa shape index (κ2) is 10.1. The zero-order valence-corrected chi connectivity index (χ0v) is 16.3. The van der Waals surface area contributed by atoms with Gasteiger partial charge in [-0.1, -0.05) is 17.7 Å². The molecule has 0 unspecified atom stereocenters. The summed E-state index contributed by atoms with van der Waals surface area (Å²) in [6.45, 7) is 7.69. The Balaban J connectivity index is 2.34. The van der Waals surface area contributed by atoms with Crippen LogP contribution in [0.4, 0.5) is 5.69 Å². The number of nitrogens with one attached hydrogen (secondary N) is 2. The second-order valence-electron chi connectivity index (χ2n) is 6.33. The topological polar surface area (TPSA) is 78.5 Å². The molecular weight excluding hydrogens is 338 g/mol. The number of benzene rings is 1. The largest absolute Gasteiger partial charge is 0.352 e. The molecule has 1 aromatic carbocycles. The van der Waals surface area contributed by atoms with Crippen LogP contribution in [-0.4, -0.2) is 53.8 Å². The molecule has 2 N–H and O–H groups in total. The molecule has 0 heterocycles. The zero-order valence-electron chi connectivity index (χ0n) is 15.5. The van der Waals surface area contributed by atoms with Crippen LogP contribution in [0.1, 0.15) is 25.0 Å². The quantitative estimate of drug-likeness (QED) is 0.738. The number of hydrogen-bond donors (Lipinski definition) is 2. The van der Waals surface area contributed by atoms with Crippen LogP contribution in [0.3, 0.4) is 0 Å². The Bertz CT molecular complexity index is 632. The van der Waals surface area contributed by atoms with Crippen LogP contribution in [0.2, 0.25) is 0 Å². The van der Waals surface area contributed by atoms with Crippen LogP contribution in [0, 0.1) is 13.8 Å². The van der Waals surface area contributed by atoms with E-state index in [0.29, 0.717) is 0 Å². The number of hydrogen-bond acceptors (Lipinski definition) is 4. The second-order valence-corrected chi connectivity index (χ2v) is 7.32. The van der Waals surface area contributed by atoms with Gasteiger partial charge >= 0.3 is 0 Å². The number of rotatable bonds is 8. The fraction of sp³-hybridized carbons (Fsp3) is 0.500. The first-order valence-electron chi connectivity index (χ1n) is 8.17. The Kier molecular flexibility index (Phi) is 8.48. The van der Waals surface area contributed by atoms with E-state index in [1.807, 2.05) is 45.9 Å². The van der Waals surface area contributed by atoms with E-state index < -0.39 is 0 Å². The minimum absolute atomic E-state index is 0.0202. The van der Waals surface area contributed by atoms with Crippen molar-refractivity contribution < 1.29 is 14.4 Å². The molecule has 0 aliphatic carbocycles. The Labute approximate surface area is 153 Å². The Morgan fingerprint density at radius 2 is 1.80 bits per heavy atom. The number of amides is 3. The number of carbonyl (C=O) groups is 3. The average Bonchev–Trinajstić information content (AvgIpc) is 2.49. The minimum Gasteiger partial charge on any atom is -0.352 e. The molecule has 0 aliphatic heterocycles. The van der Waals surface area contributed by atoms with Gasteiger partial charge in [0, 0.05) is 18.8 Å². The number of anilines is 1. The van der Waals surface area contributed by atoms with Gasteiger partial charge in [-0.25, -0.2) is 0 Å². The SMILES string of the molecule is Cc1ccc(NC(=O)CSCC(=O)N(C)CC(=O)NC(C)C)c(C)c1. The highest BCUT2D eigenvalue weighted by Gasteiger charge is 2.14. The van der Waals surface area contributed by atoms with Gasteiger partial charge in [0.1, 0.15) is 0 Å². The number of carbonyl (C=O) groups excluding carboxylic acids is 3. The number of aryl methyl sites for hydroxylation is 2. The van der Waals surface area contributed by atoms with E-state index >= 15 is 0 Å². The summed E-state index contributed by atoms with van der Waals surface area (Å²) in [5.74, 6) is -0.173. The van der Waals surface area contributed by atoms with Crippen molar-refractivity contribution in [3.05, 3.63) is 29.3 Å². The predicted octanol–water partition coefficient (Wildman–Crippen LogP) is 1.96. The van der Waals surface area contributed by atoms with Crippen LogP contribution < -0.4 is 10.6 Å². The van der Waals surface area contributed by atoms with Crippen LogP contribution >= 0.6 is 11.8 Å². The predicted molar refractivity (Wildman–Crippen MR) is 103 cm³/mol. The molecule has 0 saturated heterocycles. The monoisotopic (exact) mass is 365 g/mol. The van der Waals surface area contributed by atoms with E-state index in [4.69, 9.17) is 0 Å². The number of nitrogens with zero attached hydrogens (tertiary/aromatic N) is 1. The fourth-order valence-corrected chi connectivity index (χ4v) is 2.91. The minimum atomic E-state index is -0.191. The lowest BCUT2D eigenvalue weighted by molar-refractivity contribution is -0.132. The molecule has 1 aromatic rings. The highest BCUT2D eigenvalue weighted by Crippen LogP contribution is 2.16. The third kappa shape index (κ3) is 8.07. The van der Waals surface area contributed by atoms with Crippen molar-refractivity contribution in [2.24, 2.45) is 0 Å². The van der Waals surface area contributed by atoms with Gasteiger partial charge < -0.3 is 15.5 Å². The lowest BCUT2D eigenvalue weighted by atomic mass is 10.1. The zero-order chi connectivity index (χ0) is 19.0. The lowest BCUT2D eigenvalue weighted by Crippen LogP contribution is -2.41. The first kappa shape index (κ1) is 21.0. The summed E-state index contributed by atoms with van der Waals surface area (Å²) in [6, 6.07) is 5.86. The Morgan fingerprint density at radius 1 is 1.12 bits per heavy atom. The highest BCUT2D eigenvalue weighted by molar-refractivity contribution is 8.00. The summed E-state index contributed by atoms with van der Waals surface area (Å²) in [7, 11) is 1.58. The van der Waals surface area contributed by atoms with Crippen LogP contribution in [0.15, 0.2) is 18.2 Å². The third-order valence-electron chi connectivity index (χ3n) is 3.37. The van der Waals surface area contributed by atoms with Crippen molar-refractivity contribution in [3.63, 3.8) is 0 Å². The molecule has 0 aromatic heterocycles. The van der Waals surface area contributed by atoms with Gasteiger partial charge in [0.2, 0.25) is 17.7 Å². The maximum Gasteiger partial charge on any atom is 0.239 e. The highest BCUT2D eigenvalue weighted by atomic mass is 32.2.